The van der Waals surface area contributed by atoms with Crippen LogP contribution in [0.25, 0.3) is 0 Å². The summed E-state index contributed by atoms with van der Waals surface area (Å²) in [6, 6.07) is 17.8. The van der Waals surface area contributed by atoms with Gasteiger partial charge in [0, 0.05) is 23.8 Å². The van der Waals surface area contributed by atoms with Gasteiger partial charge < -0.3 is 16.0 Å². The van der Waals surface area contributed by atoms with E-state index < -0.39 is 0 Å². The van der Waals surface area contributed by atoms with E-state index in [4.69, 9.17) is 12.2 Å². The molecule has 2 aromatic rings. The number of hydrogen-bond acceptors (Lipinski definition) is 2. The van der Waals surface area contributed by atoms with Crippen LogP contribution in [0, 0.1) is 0 Å². The highest BCUT2D eigenvalue weighted by Gasteiger charge is 2.14. The molecular formula is C21H25N3OS. The molecule has 3 rings (SSSR count). The average Bonchev–Trinajstić information content (AvgIpc) is 2.68. The van der Waals surface area contributed by atoms with E-state index >= 15 is 0 Å². The van der Waals surface area contributed by atoms with Crippen LogP contribution in [-0.4, -0.2) is 17.1 Å². The third kappa shape index (κ3) is 5.56. The second kappa shape index (κ2) is 9.34. The number of rotatable bonds is 5. The summed E-state index contributed by atoms with van der Waals surface area (Å²) in [5.74, 6) is -0.0938. The van der Waals surface area contributed by atoms with Crippen LogP contribution in [0.3, 0.4) is 0 Å². The van der Waals surface area contributed by atoms with Crippen molar-refractivity contribution in [2.75, 3.05) is 5.32 Å². The normalized spacial score (nSPS) is 14.5. The van der Waals surface area contributed by atoms with E-state index in [2.05, 4.69) is 16.0 Å². The highest BCUT2D eigenvalue weighted by molar-refractivity contribution is 7.80. The molecule has 0 heterocycles. The van der Waals surface area contributed by atoms with Crippen LogP contribution < -0.4 is 16.0 Å². The molecule has 3 N–H and O–H groups in total. The van der Waals surface area contributed by atoms with Gasteiger partial charge in [-0.25, -0.2) is 0 Å². The van der Waals surface area contributed by atoms with Crippen molar-refractivity contribution in [3.63, 3.8) is 0 Å². The standard InChI is InChI=1S/C21H25N3OS/c25-20(22-15-16-8-3-1-4-9-16)17-10-7-13-19(14-17)24-21(26)23-18-11-5-2-6-12-18/h1,3-4,7-10,13-14,18H,2,5-6,11-12,15H2,(H,22,25)(H2,23,24,26). The SMILES string of the molecule is O=C(NCc1ccccc1)c1cccc(NC(=S)NC2CCCCC2)c1. The van der Waals surface area contributed by atoms with Gasteiger partial charge in [-0.1, -0.05) is 55.7 Å². The monoisotopic (exact) mass is 367 g/mol. The van der Waals surface area contributed by atoms with Gasteiger partial charge in [-0.05, 0) is 48.8 Å². The Balaban J connectivity index is 1.53. The Morgan fingerprint density at radius 1 is 1.00 bits per heavy atom. The minimum atomic E-state index is -0.0938. The molecule has 5 heteroatoms. The molecule has 1 aliphatic rings. The first-order chi connectivity index (χ1) is 12.7. The van der Waals surface area contributed by atoms with Crippen molar-refractivity contribution in [2.24, 2.45) is 0 Å². The van der Waals surface area contributed by atoms with Crippen LogP contribution in [0.1, 0.15) is 48.0 Å². The first kappa shape index (κ1) is 18.4. The van der Waals surface area contributed by atoms with E-state index in [0.29, 0.717) is 23.3 Å². The van der Waals surface area contributed by atoms with Crippen molar-refractivity contribution in [3.05, 3.63) is 65.7 Å². The largest absolute Gasteiger partial charge is 0.360 e. The Labute approximate surface area is 160 Å². The Bertz CT molecular complexity index is 742. The molecule has 26 heavy (non-hydrogen) atoms. The van der Waals surface area contributed by atoms with Crippen LogP contribution in [0.5, 0.6) is 0 Å². The molecule has 4 nitrogen and oxygen atoms in total. The summed E-state index contributed by atoms with van der Waals surface area (Å²) in [5.41, 5.74) is 2.52. The minimum Gasteiger partial charge on any atom is -0.360 e. The first-order valence-electron chi connectivity index (χ1n) is 9.20. The zero-order valence-electron chi connectivity index (χ0n) is 14.8. The molecule has 0 bridgehead atoms. The van der Waals surface area contributed by atoms with Crippen molar-refractivity contribution in [2.45, 2.75) is 44.7 Å². The second-order valence-corrected chi connectivity index (χ2v) is 7.09. The molecular weight excluding hydrogens is 342 g/mol. The number of anilines is 1. The third-order valence-corrected chi connectivity index (χ3v) is 4.84. The number of benzene rings is 2. The minimum absolute atomic E-state index is 0.0938. The van der Waals surface area contributed by atoms with Crippen molar-refractivity contribution < 1.29 is 4.79 Å². The predicted molar refractivity (Wildman–Crippen MR) is 110 cm³/mol. The lowest BCUT2D eigenvalue weighted by Gasteiger charge is -2.24. The number of carbonyl (C=O) groups excluding carboxylic acids is 1. The summed E-state index contributed by atoms with van der Waals surface area (Å²) in [6.45, 7) is 0.513. The fourth-order valence-electron chi connectivity index (χ4n) is 3.22. The fourth-order valence-corrected chi connectivity index (χ4v) is 3.50. The van der Waals surface area contributed by atoms with Crippen LogP contribution in [0.2, 0.25) is 0 Å². The third-order valence-electron chi connectivity index (χ3n) is 4.62. The molecule has 0 radical (unpaired) electrons. The highest BCUT2D eigenvalue weighted by atomic mass is 32.1. The van der Waals surface area contributed by atoms with E-state index in [1.54, 1.807) is 0 Å². The van der Waals surface area contributed by atoms with Gasteiger partial charge in [-0.2, -0.15) is 0 Å². The van der Waals surface area contributed by atoms with Crippen LogP contribution in [0.4, 0.5) is 5.69 Å². The summed E-state index contributed by atoms with van der Waals surface area (Å²) in [7, 11) is 0. The molecule has 0 spiro atoms. The molecule has 0 unspecified atom stereocenters. The number of amides is 1. The number of hydrogen-bond donors (Lipinski definition) is 3. The molecule has 0 aliphatic heterocycles. The molecule has 1 aliphatic carbocycles. The Morgan fingerprint density at radius 2 is 1.77 bits per heavy atom. The predicted octanol–water partition coefficient (Wildman–Crippen LogP) is 4.24. The lowest BCUT2D eigenvalue weighted by atomic mass is 9.96. The van der Waals surface area contributed by atoms with Gasteiger partial charge in [0.1, 0.15) is 0 Å². The van der Waals surface area contributed by atoms with Crippen molar-refractivity contribution >= 4 is 28.9 Å². The van der Waals surface area contributed by atoms with Crippen molar-refractivity contribution in [1.29, 1.82) is 0 Å². The molecule has 0 atom stereocenters. The Kier molecular flexibility index (Phi) is 6.61. The highest BCUT2D eigenvalue weighted by Crippen LogP contribution is 2.18. The summed E-state index contributed by atoms with van der Waals surface area (Å²) in [4.78, 5) is 12.4. The van der Waals surface area contributed by atoms with E-state index in [1.165, 1.54) is 32.1 Å². The van der Waals surface area contributed by atoms with Crippen LogP contribution in [0.15, 0.2) is 54.6 Å². The molecule has 0 aromatic heterocycles. The van der Waals surface area contributed by atoms with Gasteiger partial charge in [-0.3, -0.25) is 4.79 Å². The van der Waals surface area contributed by atoms with Gasteiger partial charge >= 0.3 is 0 Å². The zero-order valence-corrected chi connectivity index (χ0v) is 15.6. The zero-order chi connectivity index (χ0) is 18.2. The van der Waals surface area contributed by atoms with Gasteiger partial charge in [0.15, 0.2) is 5.11 Å². The van der Waals surface area contributed by atoms with Gasteiger partial charge in [-0.15, -0.1) is 0 Å². The quantitative estimate of drug-likeness (QED) is 0.692. The van der Waals surface area contributed by atoms with Gasteiger partial charge in [0.2, 0.25) is 0 Å². The summed E-state index contributed by atoms with van der Waals surface area (Å²) < 4.78 is 0. The summed E-state index contributed by atoms with van der Waals surface area (Å²) in [6.07, 6.45) is 6.18. The van der Waals surface area contributed by atoms with Crippen molar-refractivity contribution in [3.8, 4) is 0 Å². The van der Waals surface area contributed by atoms with Gasteiger partial charge in [0.05, 0.1) is 0 Å². The maximum atomic E-state index is 12.4. The Hall–Kier alpha value is -2.40. The van der Waals surface area contributed by atoms with E-state index in [9.17, 15) is 4.79 Å². The van der Waals surface area contributed by atoms with Crippen LogP contribution >= 0.6 is 12.2 Å². The summed E-state index contributed by atoms with van der Waals surface area (Å²) in [5, 5.41) is 10.2. The first-order valence-corrected chi connectivity index (χ1v) is 9.61. The molecule has 1 fully saturated rings. The fraction of sp³-hybridized carbons (Fsp3) is 0.333. The van der Waals surface area contributed by atoms with Crippen LogP contribution in [-0.2, 0) is 6.54 Å². The van der Waals surface area contributed by atoms with E-state index in [1.807, 2.05) is 54.6 Å². The molecule has 1 saturated carbocycles. The average molecular weight is 368 g/mol. The number of thiocarbonyl (C=S) groups is 1. The summed E-state index contributed by atoms with van der Waals surface area (Å²) >= 11 is 5.42. The van der Waals surface area contributed by atoms with E-state index in [0.717, 1.165) is 11.3 Å². The van der Waals surface area contributed by atoms with Crippen molar-refractivity contribution in [1.82, 2.24) is 10.6 Å². The second-order valence-electron chi connectivity index (χ2n) is 6.68. The maximum Gasteiger partial charge on any atom is 0.251 e. The maximum absolute atomic E-state index is 12.4. The molecule has 136 valence electrons. The lowest BCUT2D eigenvalue weighted by molar-refractivity contribution is 0.0951. The Morgan fingerprint density at radius 3 is 2.54 bits per heavy atom. The van der Waals surface area contributed by atoms with E-state index in [-0.39, 0.29) is 5.91 Å². The molecule has 1 amide bonds. The van der Waals surface area contributed by atoms with Gasteiger partial charge in [0.25, 0.3) is 5.91 Å². The number of carbonyl (C=O) groups is 1. The smallest absolute Gasteiger partial charge is 0.251 e. The molecule has 2 aromatic carbocycles. The lowest BCUT2D eigenvalue weighted by Crippen LogP contribution is -2.38. The topological polar surface area (TPSA) is 53.2 Å². The number of nitrogens with one attached hydrogen (secondary N) is 3. The molecule has 0 saturated heterocycles.